The predicted octanol–water partition coefficient (Wildman–Crippen LogP) is 4.75. The summed E-state index contributed by atoms with van der Waals surface area (Å²) in [5.41, 5.74) is 8.18. The highest BCUT2D eigenvalue weighted by molar-refractivity contribution is 7.19. The van der Waals surface area contributed by atoms with Crippen LogP contribution in [-0.2, 0) is 4.79 Å². The van der Waals surface area contributed by atoms with E-state index in [0.29, 0.717) is 32.6 Å². The number of carbonyl (C=O) groups is 2. The lowest BCUT2D eigenvalue weighted by molar-refractivity contribution is -0.116. The summed E-state index contributed by atoms with van der Waals surface area (Å²) < 4.78 is 0. The Morgan fingerprint density at radius 1 is 1.24 bits per heavy atom. The SMILES string of the molecule is Nc1c(C(=O)c2ccc(Cl)cc2)sc2c1[C@@H](c1cccs1)CC(=O)N2. The minimum atomic E-state index is -0.159. The van der Waals surface area contributed by atoms with Crippen LogP contribution in [-0.4, -0.2) is 11.7 Å². The molecule has 0 unspecified atom stereocenters. The normalized spacial score (nSPS) is 16.4. The fraction of sp³-hybridized carbons (Fsp3) is 0.111. The summed E-state index contributed by atoms with van der Waals surface area (Å²) in [6.07, 6.45) is 0.336. The Bertz CT molecular complexity index is 962. The fourth-order valence-electron chi connectivity index (χ4n) is 2.99. The number of nitrogens with two attached hydrogens (primary N) is 1. The second kappa shape index (κ2) is 6.29. The largest absolute Gasteiger partial charge is 0.397 e. The van der Waals surface area contributed by atoms with E-state index < -0.39 is 0 Å². The van der Waals surface area contributed by atoms with E-state index >= 15 is 0 Å². The lowest BCUT2D eigenvalue weighted by Crippen LogP contribution is -2.22. The van der Waals surface area contributed by atoms with E-state index in [1.807, 2.05) is 17.5 Å². The minimum Gasteiger partial charge on any atom is -0.397 e. The molecule has 1 atom stereocenters. The highest BCUT2D eigenvalue weighted by Gasteiger charge is 2.34. The monoisotopic (exact) mass is 388 g/mol. The number of hydrogen-bond acceptors (Lipinski definition) is 5. The van der Waals surface area contributed by atoms with Crippen molar-refractivity contribution in [3.05, 3.63) is 67.7 Å². The van der Waals surface area contributed by atoms with Crippen LogP contribution < -0.4 is 11.1 Å². The molecule has 0 saturated heterocycles. The van der Waals surface area contributed by atoms with Gasteiger partial charge in [0.1, 0.15) is 9.88 Å². The van der Waals surface area contributed by atoms with Gasteiger partial charge in [-0.2, -0.15) is 0 Å². The number of benzene rings is 1. The molecule has 0 bridgehead atoms. The van der Waals surface area contributed by atoms with Gasteiger partial charge in [-0.15, -0.1) is 22.7 Å². The van der Waals surface area contributed by atoms with Crippen molar-refractivity contribution in [1.29, 1.82) is 0 Å². The maximum Gasteiger partial charge on any atom is 0.225 e. The van der Waals surface area contributed by atoms with Crippen LogP contribution >= 0.6 is 34.3 Å². The lowest BCUT2D eigenvalue weighted by Gasteiger charge is -2.22. The zero-order valence-corrected chi connectivity index (χ0v) is 15.3. The molecular formula is C18H13ClN2O2S2. The third-order valence-electron chi connectivity index (χ3n) is 4.17. The number of thiophene rings is 2. The number of amides is 1. The van der Waals surface area contributed by atoms with E-state index in [9.17, 15) is 9.59 Å². The van der Waals surface area contributed by atoms with Gasteiger partial charge in [0, 0.05) is 33.4 Å². The third-order valence-corrected chi connectivity index (χ3v) is 6.55. The number of fused-ring (bicyclic) bond motifs is 1. The van der Waals surface area contributed by atoms with Crippen molar-refractivity contribution >= 4 is 56.7 Å². The minimum absolute atomic E-state index is 0.0577. The molecule has 1 aliphatic rings. The molecule has 3 N–H and O–H groups in total. The van der Waals surface area contributed by atoms with Gasteiger partial charge in [-0.1, -0.05) is 17.7 Å². The molecule has 2 aromatic heterocycles. The van der Waals surface area contributed by atoms with Crippen LogP contribution in [0.5, 0.6) is 0 Å². The van der Waals surface area contributed by atoms with Gasteiger partial charge in [-0.3, -0.25) is 9.59 Å². The number of ketones is 1. The summed E-state index contributed by atoms with van der Waals surface area (Å²) in [6, 6.07) is 10.7. The van der Waals surface area contributed by atoms with E-state index in [-0.39, 0.29) is 17.6 Å². The van der Waals surface area contributed by atoms with Crippen molar-refractivity contribution in [3.63, 3.8) is 0 Å². The lowest BCUT2D eigenvalue weighted by atomic mass is 9.91. The van der Waals surface area contributed by atoms with Crippen LogP contribution in [0.2, 0.25) is 5.02 Å². The molecule has 0 spiro atoms. The van der Waals surface area contributed by atoms with Gasteiger partial charge in [0.2, 0.25) is 11.7 Å². The summed E-state index contributed by atoms with van der Waals surface area (Å²) in [6.45, 7) is 0. The number of halogens is 1. The third kappa shape index (κ3) is 2.86. The van der Waals surface area contributed by atoms with Crippen LogP contribution in [0.4, 0.5) is 10.7 Å². The number of nitrogens with one attached hydrogen (secondary N) is 1. The summed E-state index contributed by atoms with van der Waals surface area (Å²) in [5.74, 6) is -0.322. The van der Waals surface area contributed by atoms with Crippen molar-refractivity contribution in [1.82, 2.24) is 0 Å². The number of rotatable bonds is 3. The van der Waals surface area contributed by atoms with Crippen LogP contribution in [0, 0.1) is 0 Å². The maximum absolute atomic E-state index is 12.8. The topological polar surface area (TPSA) is 72.2 Å². The molecule has 0 saturated carbocycles. The highest BCUT2D eigenvalue weighted by Crippen LogP contribution is 2.48. The first-order valence-corrected chi connectivity index (χ1v) is 9.67. The number of nitrogen functional groups attached to an aromatic ring is 1. The Morgan fingerprint density at radius 3 is 2.68 bits per heavy atom. The number of carbonyl (C=O) groups excluding carboxylic acids is 2. The first-order chi connectivity index (χ1) is 12.0. The summed E-state index contributed by atoms with van der Waals surface area (Å²) in [4.78, 5) is 26.5. The quantitative estimate of drug-likeness (QED) is 0.636. The highest BCUT2D eigenvalue weighted by atomic mass is 35.5. The van der Waals surface area contributed by atoms with Crippen molar-refractivity contribution in [3.8, 4) is 0 Å². The van der Waals surface area contributed by atoms with Gasteiger partial charge in [-0.05, 0) is 35.7 Å². The summed E-state index contributed by atoms with van der Waals surface area (Å²) >= 11 is 8.72. The molecule has 126 valence electrons. The molecule has 3 heterocycles. The first kappa shape index (κ1) is 16.3. The van der Waals surface area contributed by atoms with Crippen LogP contribution in [0.15, 0.2) is 41.8 Å². The smallest absolute Gasteiger partial charge is 0.225 e. The van der Waals surface area contributed by atoms with Crippen LogP contribution in [0.3, 0.4) is 0 Å². The molecule has 1 aliphatic heterocycles. The molecule has 1 aromatic carbocycles. The van der Waals surface area contributed by atoms with E-state index in [4.69, 9.17) is 17.3 Å². The second-order valence-corrected chi connectivity index (χ2v) is 8.18. The molecule has 4 rings (SSSR count). The Labute approximate surface area is 157 Å². The molecule has 7 heteroatoms. The van der Waals surface area contributed by atoms with Gasteiger partial charge in [0.15, 0.2) is 0 Å². The van der Waals surface area contributed by atoms with Gasteiger partial charge >= 0.3 is 0 Å². The summed E-state index contributed by atoms with van der Waals surface area (Å²) in [5, 5.41) is 6.08. The molecule has 0 radical (unpaired) electrons. The van der Waals surface area contributed by atoms with Crippen LogP contribution in [0.25, 0.3) is 0 Å². The fourth-order valence-corrected chi connectivity index (χ4v) is 5.12. The standard InChI is InChI=1S/C18H13ClN2O2S2/c19-10-5-3-9(4-6-10)16(23)17-15(20)14-11(12-2-1-7-24-12)8-13(22)21-18(14)25-17/h1-7,11H,8,20H2,(H,21,22)/t11-/m1/s1. The first-order valence-electron chi connectivity index (χ1n) is 7.60. The average Bonchev–Trinajstić information content (AvgIpc) is 3.23. The Balaban J connectivity index is 1.80. The number of anilines is 2. The molecule has 25 heavy (non-hydrogen) atoms. The maximum atomic E-state index is 12.8. The molecule has 0 aliphatic carbocycles. The molecule has 3 aromatic rings. The zero-order chi connectivity index (χ0) is 17.6. The van der Waals surface area contributed by atoms with E-state index in [2.05, 4.69) is 5.32 Å². The zero-order valence-electron chi connectivity index (χ0n) is 12.9. The number of hydrogen-bond donors (Lipinski definition) is 2. The molecule has 0 fully saturated rings. The van der Waals surface area contributed by atoms with Crippen molar-refractivity contribution in [2.24, 2.45) is 0 Å². The Hall–Kier alpha value is -2.15. The Morgan fingerprint density at radius 2 is 2.00 bits per heavy atom. The van der Waals surface area contributed by atoms with Gasteiger partial charge < -0.3 is 11.1 Å². The molecule has 1 amide bonds. The predicted molar refractivity (Wildman–Crippen MR) is 103 cm³/mol. The van der Waals surface area contributed by atoms with Gasteiger partial charge in [0.05, 0.1) is 5.69 Å². The van der Waals surface area contributed by atoms with Crippen molar-refractivity contribution in [2.75, 3.05) is 11.1 Å². The van der Waals surface area contributed by atoms with Crippen molar-refractivity contribution in [2.45, 2.75) is 12.3 Å². The van der Waals surface area contributed by atoms with E-state index in [1.54, 1.807) is 35.6 Å². The molecule has 4 nitrogen and oxygen atoms in total. The average molecular weight is 389 g/mol. The molecular weight excluding hydrogens is 376 g/mol. The van der Waals surface area contributed by atoms with Crippen molar-refractivity contribution < 1.29 is 9.59 Å². The van der Waals surface area contributed by atoms with E-state index in [0.717, 1.165) is 10.4 Å². The van der Waals surface area contributed by atoms with Gasteiger partial charge in [0.25, 0.3) is 0 Å². The second-order valence-electron chi connectivity index (χ2n) is 5.74. The van der Waals surface area contributed by atoms with E-state index in [1.165, 1.54) is 11.3 Å². The van der Waals surface area contributed by atoms with Gasteiger partial charge in [-0.25, -0.2) is 0 Å². The van der Waals surface area contributed by atoms with Crippen LogP contribution in [0.1, 0.15) is 38.0 Å². The Kier molecular flexibility index (Phi) is 4.11. The summed E-state index contributed by atoms with van der Waals surface area (Å²) in [7, 11) is 0.